The highest BCUT2D eigenvalue weighted by atomic mass is 79.9. The van der Waals surface area contributed by atoms with Crippen LogP contribution in [-0.4, -0.2) is 13.1 Å². The molecule has 0 amide bonds. The zero-order chi connectivity index (χ0) is 14.7. The van der Waals surface area contributed by atoms with Crippen molar-refractivity contribution in [2.45, 2.75) is 26.3 Å². The van der Waals surface area contributed by atoms with E-state index in [4.69, 9.17) is 0 Å². The van der Waals surface area contributed by atoms with Crippen molar-refractivity contribution in [1.82, 2.24) is 0 Å². The smallest absolute Gasteiger partial charge is 0.0421 e. The van der Waals surface area contributed by atoms with E-state index in [1.807, 2.05) is 0 Å². The van der Waals surface area contributed by atoms with E-state index < -0.39 is 0 Å². The van der Waals surface area contributed by atoms with Crippen LogP contribution in [0.25, 0.3) is 0 Å². The first-order valence-electron chi connectivity index (χ1n) is 7.57. The molecular formula is C18H21BrN2. The van der Waals surface area contributed by atoms with Gasteiger partial charge < -0.3 is 10.2 Å². The van der Waals surface area contributed by atoms with Gasteiger partial charge in [-0.2, -0.15) is 0 Å². The molecule has 1 fully saturated rings. The van der Waals surface area contributed by atoms with Crippen LogP contribution in [0.3, 0.4) is 0 Å². The molecule has 0 radical (unpaired) electrons. The maximum atomic E-state index is 3.59. The summed E-state index contributed by atoms with van der Waals surface area (Å²) >= 11 is 3.59. The van der Waals surface area contributed by atoms with Crippen molar-refractivity contribution in [2.24, 2.45) is 0 Å². The molecule has 0 atom stereocenters. The maximum Gasteiger partial charge on any atom is 0.0421 e. The van der Waals surface area contributed by atoms with Gasteiger partial charge >= 0.3 is 0 Å². The number of hydrogen-bond acceptors (Lipinski definition) is 2. The van der Waals surface area contributed by atoms with Gasteiger partial charge in [0.1, 0.15) is 0 Å². The van der Waals surface area contributed by atoms with Gasteiger partial charge in [-0.1, -0.05) is 40.2 Å². The first-order chi connectivity index (χ1) is 10.2. The molecule has 2 aromatic rings. The maximum absolute atomic E-state index is 3.59. The van der Waals surface area contributed by atoms with Gasteiger partial charge in [-0.25, -0.2) is 0 Å². The molecular weight excluding hydrogens is 324 g/mol. The van der Waals surface area contributed by atoms with Gasteiger partial charge in [0.05, 0.1) is 0 Å². The lowest BCUT2D eigenvalue weighted by Crippen LogP contribution is -2.19. The highest BCUT2D eigenvalue weighted by Gasteiger charge is 2.14. The molecule has 0 aliphatic carbocycles. The molecule has 0 bridgehead atoms. The summed E-state index contributed by atoms with van der Waals surface area (Å²) < 4.78 is 1.15. The Morgan fingerprint density at radius 3 is 2.62 bits per heavy atom. The van der Waals surface area contributed by atoms with Gasteiger partial charge in [-0.05, 0) is 49.1 Å². The van der Waals surface area contributed by atoms with Crippen LogP contribution in [0.2, 0.25) is 0 Å². The lowest BCUT2D eigenvalue weighted by molar-refractivity contribution is 0.949. The van der Waals surface area contributed by atoms with Crippen LogP contribution in [0.1, 0.15) is 24.0 Å². The third-order valence-corrected chi connectivity index (χ3v) is 4.95. The summed E-state index contributed by atoms with van der Waals surface area (Å²) in [5.41, 5.74) is 5.17. The van der Waals surface area contributed by atoms with Crippen molar-refractivity contribution in [1.29, 1.82) is 0 Å². The molecule has 1 N–H and O–H groups in total. The van der Waals surface area contributed by atoms with Crippen molar-refractivity contribution in [3.63, 3.8) is 0 Å². The van der Waals surface area contributed by atoms with Gasteiger partial charge in [0.25, 0.3) is 0 Å². The Bertz CT molecular complexity index is 618. The van der Waals surface area contributed by atoms with E-state index in [0.717, 1.165) is 16.7 Å². The second-order valence-corrected chi connectivity index (χ2v) is 6.49. The normalized spacial score (nSPS) is 14.5. The summed E-state index contributed by atoms with van der Waals surface area (Å²) in [6.07, 6.45) is 2.62. The number of hydrogen-bond donors (Lipinski definition) is 1. The van der Waals surface area contributed by atoms with Crippen molar-refractivity contribution < 1.29 is 0 Å². The standard InChI is InChI=1S/C18H21BrN2/c1-14-8-9-16(12-17(14)19)20-13-15-6-2-3-7-18(15)21-10-4-5-11-21/h2-3,6-9,12,20H,4-5,10-11,13H2,1H3. The van der Waals surface area contributed by atoms with Crippen molar-refractivity contribution >= 4 is 27.3 Å². The van der Waals surface area contributed by atoms with Crippen LogP contribution >= 0.6 is 15.9 Å². The highest BCUT2D eigenvalue weighted by molar-refractivity contribution is 9.10. The zero-order valence-electron chi connectivity index (χ0n) is 12.4. The molecule has 0 unspecified atom stereocenters. The van der Waals surface area contributed by atoms with E-state index in [1.165, 1.54) is 42.7 Å². The number of rotatable bonds is 4. The predicted molar refractivity (Wildman–Crippen MR) is 94.1 cm³/mol. The predicted octanol–water partition coefficient (Wildman–Crippen LogP) is 4.97. The zero-order valence-corrected chi connectivity index (χ0v) is 14.0. The molecule has 2 aromatic carbocycles. The third kappa shape index (κ3) is 3.41. The molecule has 0 spiro atoms. The molecule has 3 rings (SSSR count). The Morgan fingerprint density at radius 1 is 1.10 bits per heavy atom. The number of anilines is 2. The van der Waals surface area contributed by atoms with Crippen LogP contribution < -0.4 is 10.2 Å². The van der Waals surface area contributed by atoms with Crippen LogP contribution in [0.4, 0.5) is 11.4 Å². The molecule has 110 valence electrons. The molecule has 1 aliphatic heterocycles. The lowest BCUT2D eigenvalue weighted by Gasteiger charge is -2.21. The monoisotopic (exact) mass is 344 g/mol. The summed E-state index contributed by atoms with van der Waals surface area (Å²) in [6, 6.07) is 15.2. The van der Waals surface area contributed by atoms with Gasteiger partial charge in [0, 0.05) is 35.5 Å². The molecule has 1 saturated heterocycles. The fraction of sp³-hybridized carbons (Fsp3) is 0.333. The average Bonchev–Trinajstić information content (AvgIpc) is 3.03. The van der Waals surface area contributed by atoms with E-state index in [2.05, 4.69) is 75.5 Å². The van der Waals surface area contributed by atoms with Crippen LogP contribution in [0.15, 0.2) is 46.9 Å². The Morgan fingerprint density at radius 2 is 1.86 bits per heavy atom. The number of nitrogens with one attached hydrogen (secondary N) is 1. The summed E-state index contributed by atoms with van der Waals surface area (Å²) in [5, 5.41) is 3.54. The fourth-order valence-electron chi connectivity index (χ4n) is 2.83. The van der Waals surface area contributed by atoms with Gasteiger partial charge in [-0.3, -0.25) is 0 Å². The molecule has 2 nitrogen and oxygen atoms in total. The molecule has 21 heavy (non-hydrogen) atoms. The van der Waals surface area contributed by atoms with E-state index in [9.17, 15) is 0 Å². The van der Waals surface area contributed by atoms with Gasteiger partial charge in [-0.15, -0.1) is 0 Å². The number of benzene rings is 2. The topological polar surface area (TPSA) is 15.3 Å². The summed E-state index contributed by atoms with van der Waals surface area (Å²) in [4.78, 5) is 2.50. The molecule has 1 heterocycles. The molecule has 0 aromatic heterocycles. The first kappa shape index (κ1) is 14.5. The summed E-state index contributed by atoms with van der Waals surface area (Å²) in [5.74, 6) is 0. The lowest BCUT2D eigenvalue weighted by atomic mass is 10.1. The van der Waals surface area contributed by atoms with Crippen molar-refractivity contribution in [3.05, 3.63) is 58.1 Å². The Kier molecular flexibility index (Phi) is 4.49. The molecule has 3 heteroatoms. The summed E-state index contributed by atoms with van der Waals surface area (Å²) in [6.45, 7) is 5.35. The minimum absolute atomic E-state index is 0.863. The SMILES string of the molecule is Cc1ccc(NCc2ccccc2N2CCCC2)cc1Br. The molecule has 0 saturated carbocycles. The third-order valence-electron chi connectivity index (χ3n) is 4.09. The second kappa shape index (κ2) is 6.52. The molecule has 1 aliphatic rings. The number of aryl methyl sites for hydroxylation is 1. The Balaban J connectivity index is 1.74. The van der Waals surface area contributed by atoms with E-state index in [0.29, 0.717) is 0 Å². The number of nitrogens with zero attached hydrogens (tertiary/aromatic N) is 1. The summed E-state index contributed by atoms with van der Waals surface area (Å²) in [7, 11) is 0. The largest absolute Gasteiger partial charge is 0.381 e. The van der Waals surface area contributed by atoms with Crippen LogP contribution in [-0.2, 0) is 6.54 Å². The van der Waals surface area contributed by atoms with Gasteiger partial charge in [0.15, 0.2) is 0 Å². The second-order valence-electron chi connectivity index (χ2n) is 5.64. The van der Waals surface area contributed by atoms with Crippen molar-refractivity contribution in [3.8, 4) is 0 Å². The minimum Gasteiger partial charge on any atom is -0.381 e. The van der Waals surface area contributed by atoms with E-state index in [-0.39, 0.29) is 0 Å². The average molecular weight is 345 g/mol. The highest BCUT2D eigenvalue weighted by Crippen LogP contribution is 2.26. The van der Waals surface area contributed by atoms with Crippen molar-refractivity contribution in [2.75, 3.05) is 23.3 Å². The van der Waals surface area contributed by atoms with E-state index >= 15 is 0 Å². The Labute approximate surface area is 135 Å². The Hall–Kier alpha value is -1.48. The quantitative estimate of drug-likeness (QED) is 0.842. The first-order valence-corrected chi connectivity index (χ1v) is 8.36. The van der Waals surface area contributed by atoms with Gasteiger partial charge in [0.2, 0.25) is 0 Å². The van der Waals surface area contributed by atoms with Crippen LogP contribution in [0.5, 0.6) is 0 Å². The number of para-hydroxylation sites is 1. The van der Waals surface area contributed by atoms with E-state index in [1.54, 1.807) is 0 Å². The fourth-order valence-corrected chi connectivity index (χ4v) is 3.21. The minimum atomic E-state index is 0.863. The van der Waals surface area contributed by atoms with Crippen LogP contribution in [0, 0.1) is 6.92 Å². The number of halogens is 1.